The number of aliphatic hydroxyl groups is 1. The molecule has 0 aliphatic rings. The smallest absolute Gasteiger partial charge is 0.364 e. The van der Waals surface area contributed by atoms with E-state index < -0.39 is 25.6 Å². The van der Waals surface area contributed by atoms with Crippen LogP contribution < -0.4 is 0 Å². The van der Waals surface area contributed by atoms with Gasteiger partial charge in [0.2, 0.25) is 0 Å². The summed E-state index contributed by atoms with van der Waals surface area (Å²) in [5, 5.41) is 16.9. The summed E-state index contributed by atoms with van der Waals surface area (Å²) < 4.78 is 32.6. The second kappa shape index (κ2) is 9.04. The fourth-order valence-electron chi connectivity index (χ4n) is 3.48. The van der Waals surface area contributed by atoms with Gasteiger partial charge in [0.25, 0.3) is 0 Å². The van der Waals surface area contributed by atoms with Gasteiger partial charge in [-0.1, -0.05) is 36.4 Å². The van der Waals surface area contributed by atoms with Crippen LogP contribution in [0.25, 0.3) is 28.1 Å². The van der Waals surface area contributed by atoms with Gasteiger partial charge < -0.3 is 18.6 Å². The fraction of sp³-hybridized carbons (Fsp3) is 0.292. The lowest BCUT2D eigenvalue weighted by molar-refractivity contribution is 0.101. The van der Waals surface area contributed by atoms with Gasteiger partial charge in [0, 0.05) is 17.1 Å². The number of fused-ring (bicyclic) bond motifs is 1. The maximum atomic E-state index is 13.7. The fourth-order valence-corrected chi connectivity index (χ4v) is 5.46. The van der Waals surface area contributed by atoms with Crippen LogP contribution in [0, 0.1) is 0 Å². The first kappa shape index (κ1) is 22.5. The van der Waals surface area contributed by atoms with Crippen LogP contribution in [0.4, 0.5) is 0 Å². The Bertz CT molecular complexity index is 1200. The van der Waals surface area contributed by atoms with Crippen LogP contribution >= 0.6 is 7.60 Å². The zero-order valence-corrected chi connectivity index (χ0v) is 19.4. The summed E-state index contributed by atoms with van der Waals surface area (Å²) in [6.45, 7) is 6.99. The molecule has 0 spiro atoms. The third kappa shape index (κ3) is 4.57. The number of furan rings is 1. The molecule has 2 aromatic carbocycles. The molecule has 4 rings (SSSR count). The van der Waals surface area contributed by atoms with Crippen molar-refractivity contribution in [1.82, 2.24) is 9.78 Å². The Morgan fingerprint density at radius 2 is 1.59 bits per heavy atom. The molecular formula is C24H27N2O5P. The van der Waals surface area contributed by atoms with Crippen LogP contribution in [-0.2, 0) is 13.6 Å². The molecule has 0 aliphatic carbocycles. The van der Waals surface area contributed by atoms with E-state index in [1.165, 1.54) is 0 Å². The number of aromatic nitrogens is 2. The highest BCUT2D eigenvalue weighted by Gasteiger charge is 2.41. The third-order valence-electron chi connectivity index (χ3n) is 4.72. The van der Waals surface area contributed by atoms with Crippen molar-refractivity contribution in [2.75, 3.05) is 0 Å². The minimum atomic E-state index is -3.94. The molecule has 1 N–H and O–H groups in total. The Morgan fingerprint density at radius 1 is 0.969 bits per heavy atom. The van der Waals surface area contributed by atoms with Gasteiger partial charge >= 0.3 is 7.60 Å². The zero-order valence-electron chi connectivity index (χ0n) is 18.5. The van der Waals surface area contributed by atoms with Gasteiger partial charge in [-0.25, -0.2) is 4.68 Å². The van der Waals surface area contributed by atoms with Crippen LogP contribution in [0.5, 0.6) is 0 Å². The molecule has 0 saturated heterocycles. The number of para-hydroxylation sites is 2. The van der Waals surface area contributed by atoms with Crippen molar-refractivity contribution in [2.45, 2.75) is 45.7 Å². The van der Waals surface area contributed by atoms with Crippen molar-refractivity contribution in [3.05, 3.63) is 72.4 Å². The van der Waals surface area contributed by atoms with Crippen molar-refractivity contribution >= 4 is 18.6 Å². The van der Waals surface area contributed by atoms with Gasteiger partial charge in [-0.15, -0.1) is 0 Å². The molecule has 0 bridgehead atoms. The highest BCUT2D eigenvalue weighted by Crippen LogP contribution is 2.62. The Hall–Kier alpha value is -2.70. The number of benzene rings is 2. The minimum Gasteiger partial charge on any atom is -0.454 e. The van der Waals surface area contributed by atoms with Crippen LogP contribution in [0.3, 0.4) is 0 Å². The maximum absolute atomic E-state index is 13.7. The molecule has 1 unspecified atom stereocenters. The topological polar surface area (TPSA) is 86.7 Å². The molecule has 0 aliphatic heterocycles. The molecule has 7 nitrogen and oxygen atoms in total. The average Bonchev–Trinajstić information content (AvgIpc) is 3.37. The lowest BCUT2D eigenvalue weighted by atomic mass is 10.2. The third-order valence-corrected chi connectivity index (χ3v) is 7.02. The van der Waals surface area contributed by atoms with E-state index in [1.807, 2.05) is 60.7 Å². The largest absolute Gasteiger partial charge is 0.454 e. The van der Waals surface area contributed by atoms with Gasteiger partial charge in [-0.05, 0) is 52.0 Å². The van der Waals surface area contributed by atoms with Crippen LogP contribution in [0.1, 0.15) is 39.1 Å². The second-order valence-electron chi connectivity index (χ2n) is 8.08. The van der Waals surface area contributed by atoms with E-state index in [1.54, 1.807) is 38.6 Å². The normalized spacial score (nSPS) is 13.3. The summed E-state index contributed by atoms with van der Waals surface area (Å²) in [6.07, 6.45) is 0.823. The van der Waals surface area contributed by atoms with Crippen molar-refractivity contribution in [3.63, 3.8) is 0 Å². The Morgan fingerprint density at radius 3 is 2.22 bits per heavy atom. The number of nitrogens with zero attached hydrogens (tertiary/aromatic N) is 2. The molecule has 0 fully saturated rings. The molecule has 168 valence electrons. The van der Waals surface area contributed by atoms with E-state index in [0.29, 0.717) is 22.6 Å². The van der Waals surface area contributed by atoms with E-state index in [0.717, 1.165) is 11.1 Å². The Labute approximate surface area is 187 Å². The van der Waals surface area contributed by atoms with E-state index in [9.17, 15) is 9.67 Å². The SMILES string of the molecule is CC(C)OP(=O)(OC(C)C)C(O)c1cn(-c2ccccc2)nc1-c1cc2ccccc2o1. The molecule has 0 radical (unpaired) electrons. The Balaban J connectivity index is 1.87. The predicted octanol–water partition coefficient (Wildman–Crippen LogP) is 6.32. The molecule has 0 amide bonds. The first-order valence-corrected chi connectivity index (χ1v) is 12.2. The summed E-state index contributed by atoms with van der Waals surface area (Å²) in [7, 11) is -3.94. The maximum Gasteiger partial charge on any atom is 0.364 e. The van der Waals surface area contributed by atoms with Crippen molar-refractivity contribution in [3.8, 4) is 17.1 Å². The van der Waals surface area contributed by atoms with Crippen molar-refractivity contribution < 1.29 is 23.1 Å². The molecule has 1 atom stereocenters. The van der Waals surface area contributed by atoms with E-state index >= 15 is 0 Å². The summed E-state index contributed by atoms with van der Waals surface area (Å²) in [5.41, 5.74) is 2.15. The summed E-state index contributed by atoms with van der Waals surface area (Å²) in [4.78, 5) is 0. The number of rotatable bonds is 8. The highest BCUT2D eigenvalue weighted by molar-refractivity contribution is 7.54. The molecule has 32 heavy (non-hydrogen) atoms. The molecule has 8 heteroatoms. The molecule has 0 saturated carbocycles. The Kier molecular flexibility index (Phi) is 6.35. The highest BCUT2D eigenvalue weighted by atomic mass is 31.2. The van der Waals surface area contributed by atoms with E-state index in [-0.39, 0.29) is 0 Å². The van der Waals surface area contributed by atoms with Crippen LogP contribution in [0.2, 0.25) is 0 Å². The van der Waals surface area contributed by atoms with Gasteiger partial charge in [0.05, 0.1) is 17.9 Å². The van der Waals surface area contributed by atoms with Gasteiger partial charge in [0.15, 0.2) is 11.6 Å². The van der Waals surface area contributed by atoms with Gasteiger partial charge in [-0.3, -0.25) is 4.57 Å². The molecule has 2 heterocycles. The number of hydrogen-bond acceptors (Lipinski definition) is 6. The van der Waals surface area contributed by atoms with Gasteiger partial charge in [0.1, 0.15) is 11.3 Å². The first-order valence-electron chi connectivity index (χ1n) is 10.6. The van der Waals surface area contributed by atoms with Gasteiger partial charge in [-0.2, -0.15) is 5.10 Å². The lowest BCUT2D eigenvalue weighted by Gasteiger charge is -2.26. The first-order chi connectivity index (χ1) is 15.3. The summed E-state index contributed by atoms with van der Waals surface area (Å²) in [5.74, 6) is -1.09. The summed E-state index contributed by atoms with van der Waals surface area (Å²) >= 11 is 0. The summed E-state index contributed by atoms with van der Waals surface area (Å²) in [6, 6.07) is 18.9. The van der Waals surface area contributed by atoms with E-state index in [4.69, 9.17) is 13.5 Å². The minimum absolute atomic E-state index is 0.303. The monoisotopic (exact) mass is 454 g/mol. The van der Waals surface area contributed by atoms with Crippen molar-refractivity contribution in [1.29, 1.82) is 0 Å². The predicted molar refractivity (Wildman–Crippen MR) is 124 cm³/mol. The van der Waals surface area contributed by atoms with Crippen LogP contribution in [0.15, 0.2) is 71.3 Å². The standard InChI is InChI=1S/C24H27N2O5P/c1-16(2)30-32(28,31-17(3)4)24(27)20-15-26(19-11-6-5-7-12-19)25-23(20)22-14-18-10-8-9-13-21(18)29-22/h5-17,24,27H,1-4H3. The number of aliphatic hydroxyl groups excluding tert-OH is 1. The molecule has 4 aromatic rings. The molecular weight excluding hydrogens is 427 g/mol. The lowest BCUT2D eigenvalue weighted by Crippen LogP contribution is -2.13. The molecule has 2 aromatic heterocycles. The number of hydrogen-bond donors (Lipinski definition) is 1. The zero-order chi connectivity index (χ0) is 22.9. The average molecular weight is 454 g/mol. The van der Waals surface area contributed by atoms with E-state index in [2.05, 4.69) is 5.10 Å². The second-order valence-corrected chi connectivity index (χ2v) is 10.1. The van der Waals surface area contributed by atoms with Crippen LogP contribution in [-0.4, -0.2) is 27.1 Å². The quantitative estimate of drug-likeness (QED) is 0.314. The van der Waals surface area contributed by atoms with Crippen molar-refractivity contribution in [2.24, 2.45) is 0 Å².